The molecule has 1 aliphatic heterocycles. The summed E-state index contributed by atoms with van der Waals surface area (Å²) in [6, 6.07) is 7.99. The lowest BCUT2D eigenvalue weighted by Gasteiger charge is -2.16. The molecule has 0 bridgehead atoms. The van der Waals surface area contributed by atoms with Crippen LogP contribution in [0.5, 0.6) is 0 Å². The van der Waals surface area contributed by atoms with Gasteiger partial charge in [0, 0.05) is 11.9 Å². The lowest BCUT2D eigenvalue weighted by Crippen LogP contribution is -2.25. The Kier molecular flexibility index (Phi) is 4.71. The molecule has 1 aliphatic rings. The third kappa shape index (κ3) is 4.30. The van der Waals surface area contributed by atoms with Gasteiger partial charge in [0.25, 0.3) is 16.0 Å². The van der Waals surface area contributed by atoms with E-state index >= 15 is 0 Å². The molecule has 0 fully saturated rings. The molecule has 0 saturated heterocycles. The van der Waals surface area contributed by atoms with Crippen LogP contribution in [0.2, 0.25) is 0 Å². The standard InChI is InChI=1S/C13H14N4O.CH4O3S/c14-13(15)16-12(18)10-7-9-4-1-3-8-5-2-6-17(10)11(8)9;1-5(2,3)4/h1,3-4,7H,2,5-6H2,(H4,14,15,16,18);1H3,(H,2,3,4). The van der Waals surface area contributed by atoms with Gasteiger partial charge in [-0.05, 0) is 24.5 Å². The number of aromatic nitrogens is 1. The Morgan fingerprint density at radius 2 is 2.00 bits per heavy atom. The molecule has 0 spiro atoms. The SMILES string of the molecule is CS(=O)(=O)O.NC(N)=NC(=O)c1cc2cccc3c2n1CCC3. The number of guanidine groups is 1. The average molecular weight is 338 g/mol. The number of benzene rings is 1. The highest BCUT2D eigenvalue weighted by atomic mass is 32.2. The Hall–Kier alpha value is -2.39. The summed E-state index contributed by atoms with van der Waals surface area (Å²) in [6.45, 7) is 0.835. The first kappa shape index (κ1) is 17.0. The predicted octanol–water partition coefficient (Wildman–Crippen LogP) is 0.505. The second kappa shape index (κ2) is 6.39. The maximum absolute atomic E-state index is 12.0. The van der Waals surface area contributed by atoms with Gasteiger partial charge < -0.3 is 16.0 Å². The zero-order valence-corrected chi connectivity index (χ0v) is 13.4. The number of carbonyl (C=O) groups is 1. The molecule has 3 rings (SSSR count). The summed E-state index contributed by atoms with van der Waals surface area (Å²) in [7, 11) is -3.67. The first-order valence-corrected chi connectivity index (χ1v) is 8.69. The second-order valence-corrected chi connectivity index (χ2v) is 6.68. The van der Waals surface area contributed by atoms with Crippen LogP contribution in [0.25, 0.3) is 10.9 Å². The maximum atomic E-state index is 12.0. The molecule has 5 N–H and O–H groups in total. The minimum atomic E-state index is -3.67. The molecule has 9 heteroatoms. The van der Waals surface area contributed by atoms with E-state index in [0.29, 0.717) is 11.9 Å². The summed E-state index contributed by atoms with van der Waals surface area (Å²) < 4.78 is 27.9. The molecule has 0 unspecified atom stereocenters. The molecule has 1 aromatic carbocycles. The Bertz CT molecular complexity index is 872. The summed E-state index contributed by atoms with van der Waals surface area (Å²) in [5.41, 5.74) is 13.5. The fraction of sp³-hybridized carbons (Fsp3) is 0.286. The van der Waals surface area contributed by atoms with E-state index in [4.69, 9.17) is 16.0 Å². The first-order chi connectivity index (χ1) is 10.7. The molecule has 0 radical (unpaired) electrons. The molecular formula is C14H18N4O4S. The number of aryl methyl sites for hydroxylation is 2. The van der Waals surface area contributed by atoms with Crippen LogP contribution in [0.15, 0.2) is 29.3 Å². The van der Waals surface area contributed by atoms with Gasteiger partial charge in [0.1, 0.15) is 5.69 Å². The van der Waals surface area contributed by atoms with Crippen molar-refractivity contribution in [2.45, 2.75) is 19.4 Å². The van der Waals surface area contributed by atoms with Crippen molar-refractivity contribution < 1.29 is 17.8 Å². The van der Waals surface area contributed by atoms with E-state index in [-0.39, 0.29) is 11.9 Å². The Balaban J connectivity index is 0.000000338. The molecule has 0 aliphatic carbocycles. The summed E-state index contributed by atoms with van der Waals surface area (Å²) in [5, 5.41) is 1.07. The third-order valence-corrected chi connectivity index (χ3v) is 3.28. The van der Waals surface area contributed by atoms with Gasteiger partial charge in [-0.2, -0.15) is 13.4 Å². The van der Waals surface area contributed by atoms with Gasteiger partial charge in [-0.3, -0.25) is 9.35 Å². The van der Waals surface area contributed by atoms with Crippen molar-refractivity contribution in [1.82, 2.24) is 4.57 Å². The Morgan fingerprint density at radius 3 is 2.61 bits per heavy atom. The van der Waals surface area contributed by atoms with Crippen molar-refractivity contribution in [3.63, 3.8) is 0 Å². The van der Waals surface area contributed by atoms with E-state index in [1.807, 2.05) is 22.8 Å². The average Bonchev–Trinajstić information content (AvgIpc) is 2.78. The molecule has 1 aromatic heterocycles. The van der Waals surface area contributed by atoms with Crippen molar-refractivity contribution in [1.29, 1.82) is 0 Å². The van der Waals surface area contributed by atoms with Crippen LogP contribution in [0.3, 0.4) is 0 Å². The molecule has 1 amide bonds. The smallest absolute Gasteiger partial charge is 0.296 e. The minimum absolute atomic E-state index is 0.200. The van der Waals surface area contributed by atoms with E-state index in [1.165, 1.54) is 5.56 Å². The van der Waals surface area contributed by atoms with Gasteiger partial charge in [0.2, 0.25) is 0 Å². The van der Waals surface area contributed by atoms with E-state index in [2.05, 4.69) is 11.1 Å². The van der Waals surface area contributed by atoms with Gasteiger partial charge in [0.15, 0.2) is 5.96 Å². The van der Waals surface area contributed by atoms with Gasteiger partial charge in [-0.15, -0.1) is 0 Å². The second-order valence-electron chi connectivity index (χ2n) is 5.21. The highest BCUT2D eigenvalue weighted by molar-refractivity contribution is 7.85. The molecule has 2 heterocycles. The fourth-order valence-electron chi connectivity index (χ4n) is 2.62. The van der Waals surface area contributed by atoms with Gasteiger partial charge in [-0.25, -0.2) is 0 Å². The van der Waals surface area contributed by atoms with Crippen LogP contribution in [0.1, 0.15) is 22.5 Å². The quantitative estimate of drug-likeness (QED) is 0.393. The summed E-state index contributed by atoms with van der Waals surface area (Å²) in [5.74, 6) is -0.576. The molecule has 2 aromatic rings. The number of rotatable bonds is 1. The summed E-state index contributed by atoms with van der Waals surface area (Å²) >= 11 is 0. The minimum Gasteiger partial charge on any atom is -0.370 e. The van der Waals surface area contributed by atoms with E-state index in [1.54, 1.807) is 0 Å². The van der Waals surface area contributed by atoms with Crippen LogP contribution < -0.4 is 11.5 Å². The highest BCUT2D eigenvalue weighted by Gasteiger charge is 2.19. The number of para-hydroxylation sites is 1. The van der Waals surface area contributed by atoms with Gasteiger partial charge in [-0.1, -0.05) is 18.2 Å². The van der Waals surface area contributed by atoms with Crippen molar-refractivity contribution in [3.05, 3.63) is 35.5 Å². The van der Waals surface area contributed by atoms with Crippen molar-refractivity contribution >= 4 is 32.9 Å². The predicted molar refractivity (Wildman–Crippen MR) is 87.9 cm³/mol. The molecule has 0 saturated carbocycles. The lowest BCUT2D eigenvalue weighted by atomic mass is 10.0. The van der Waals surface area contributed by atoms with E-state index in [9.17, 15) is 13.2 Å². The number of nitrogens with two attached hydrogens (primary N) is 2. The van der Waals surface area contributed by atoms with Crippen molar-refractivity contribution in [2.75, 3.05) is 6.26 Å². The maximum Gasteiger partial charge on any atom is 0.296 e. The highest BCUT2D eigenvalue weighted by Crippen LogP contribution is 2.28. The lowest BCUT2D eigenvalue weighted by molar-refractivity contribution is 0.0994. The topological polar surface area (TPSA) is 141 Å². The summed E-state index contributed by atoms with van der Waals surface area (Å²) in [4.78, 5) is 15.6. The summed E-state index contributed by atoms with van der Waals surface area (Å²) in [6.07, 6.45) is 2.80. The number of hydrogen-bond acceptors (Lipinski definition) is 3. The van der Waals surface area contributed by atoms with E-state index < -0.39 is 10.1 Å². The van der Waals surface area contributed by atoms with Crippen LogP contribution in [-0.2, 0) is 23.1 Å². The Morgan fingerprint density at radius 1 is 1.35 bits per heavy atom. The molecule has 8 nitrogen and oxygen atoms in total. The zero-order valence-electron chi connectivity index (χ0n) is 12.6. The van der Waals surface area contributed by atoms with Crippen LogP contribution >= 0.6 is 0 Å². The largest absolute Gasteiger partial charge is 0.370 e. The van der Waals surface area contributed by atoms with Crippen LogP contribution in [0.4, 0.5) is 0 Å². The third-order valence-electron chi connectivity index (χ3n) is 3.28. The number of aliphatic imine (C=N–C) groups is 1. The first-order valence-electron chi connectivity index (χ1n) is 6.84. The molecule has 23 heavy (non-hydrogen) atoms. The molecule has 0 atom stereocenters. The van der Waals surface area contributed by atoms with Crippen LogP contribution in [0, 0.1) is 0 Å². The molecular weight excluding hydrogens is 320 g/mol. The number of amides is 1. The van der Waals surface area contributed by atoms with Crippen LogP contribution in [-0.4, -0.2) is 35.7 Å². The number of nitrogens with zero attached hydrogens (tertiary/aromatic N) is 2. The van der Waals surface area contributed by atoms with Gasteiger partial charge >= 0.3 is 0 Å². The molecule has 124 valence electrons. The monoisotopic (exact) mass is 338 g/mol. The fourth-order valence-corrected chi connectivity index (χ4v) is 2.62. The van der Waals surface area contributed by atoms with Gasteiger partial charge in [0.05, 0.1) is 11.8 Å². The normalized spacial score (nSPS) is 13.1. The van der Waals surface area contributed by atoms with Crippen molar-refractivity contribution in [2.24, 2.45) is 16.5 Å². The Labute approximate surface area is 133 Å². The van der Waals surface area contributed by atoms with E-state index in [0.717, 1.165) is 30.3 Å². The zero-order chi connectivity index (χ0) is 17.2. The number of hydrogen-bond donors (Lipinski definition) is 3. The number of carbonyl (C=O) groups excluding carboxylic acids is 1. The van der Waals surface area contributed by atoms with Crippen molar-refractivity contribution in [3.8, 4) is 0 Å².